The largest absolute Gasteiger partial charge is 0.338 e. The molecule has 0 bridgehead atoms. The van der Waals surface area contributed by atoms with Crippen molar-refractivity contribution in [2.45, 2.75) is 0 Å². The molecule has 1 aromatic carbocycles. The lowest BCUT2D eigenvalue weighted by molar-refractivity contribution is -0.104. The second kappa shape index (κ2) is 3.62. The average Bonchev–Trinajstić information content (AvgIpc) is 2.52. The van der Waals surface area contributed by atoms with Crippen molar-refractivity contribution in [1.82, 2.24) is 4.57 Å². The Hall–Kier alpha value is -1.42. The van der Waals surface area contributed by atoms with Crippen molar-refractivity contribution in [1.29, 1.82) is 0 Å². The molecule has 0 radical (unpaired) electrons. The van der Waals surface area contributed by atoms with Crippen LogP contribution in [0.15, 0.2) is 28.9 Å². The fourth-order valence-corrected chi connectivity index (χ4v) is 2.26. The number of aromatic nitrogens is 1. The lowest BCUT2D eigenvalue weighted by atomic mass is 10.1. The summed E-state index contributed by atoms with van der Waals surface area (Å²) in [7, 11) is 1.84. The van der Waals surface area contributed by atoms with Crippen molar-refractivity contribution in [2.24, 2.45) is 7.05 Å². The fraction of sp³-hybridized carbons (Fsp3) is 0.0909. The SMILES string of the molecule is Cn1c(Br)c(C(=O)C=O)c2ccccc21. The zero-order chi connectivity index (χ0) is 11.0. The first kappa shape index (κ1) is 10.1. The Bertz CT molecular complexity index is 557. The number of carbonyl (C=O) groups excluding carboxylic acids is 2. The molecule has 0 saturated heterocycles. The molecular weight excluding hydrogens is 258 g/mol. The van der Waals surface area contributed by atoms with Crippen molar-refractivity contribution >= 4 is 38.9 Å². The van der Waals surface area contributed by atoms with Gasteiger partial charge in [-0.2, -0.15) is 0 Å². The molecule has 1 heterocycles. The smallest absolute Gasteiger partial charge is 0.228 e. The van der Waals surface area contributed by atoms with Gasteiger partial charge in [0.1, 0.15) is 0 Å². The van der Waals surface area contributed by atoms with Crippen molar-refractivity contribution < 1.29 is 9.59 Å². The molecule has 0 saturated carbocycles. The van der Waals surface area contributed by atoms with Gasteiger partial charge in [0.25, 0.3) is 0 Å². The summed E-state index contributed by atoms with van der Waals surface area (Å²) in [6.07, 6.45) is 0.340. The number of carbonyl (C=O) groups is 2. The zero-order valence-corrected chi connectivity index (χ0v) is 9.61. The number of aldehydes is 1. The maximum Gasteiger partial charge on any atom is 0.228 e. The lowest BCUT2D eigenvalue weighted by Crippen LogP contribution is -2.00. The second-order valence-corrected chi connectivity index (χ2v) is 3.98. The molecular formula is C11H8BrNO2. The summed E-state index contributed by atoms with van der Waals surface area (Å²) in [5.74, 6) is -0.501. The van der Waals surface area contributed by atoms with E-state index in [1.54, 1.807) is 0 Å². The molecule has 0 aliphatic heterocycles. The monoisotopic (exact) mass is 265 g/mol. The number of hydrogen-bond donors (Lipinski definition) is 0. The van der Waals surface area contributed by atoms with Gasteiger partial charge in [-0.05, 0) is 22.0 Å². The third kappa shape index (κ3) is 1.41. The Morgan fingerprint density at radius 2 is 2.07 bits per heavy atom. The van der Waals surface area contributed by atoms with Gasteiger partial charge >= 0.3 is 0 Å². The van der Waals surface area contributed by atoms with E-state index in [1.165, 1.54) is 0 Å². The number of ketones is 1. The van der Waals surface area contributed by atoms with E-state index in [1.807, 2.05) is 35.9 Å². The van der Waals surface area contributed by atoms with Gasteiger partial charge in [-0.3, -0.25) is 9.59 Å². The van der Waals surface area contributed by atoms with E-state index in [0.717, 1.165) is 10.9 Å². The van der Waals surface area contributed by atoms with E-state index in [-0.39, 0.29) is 0 Å². The third-order valence-electron chi connectivity index (χ3n) is 2.39. The van der Waals surface area contributed by atoms with Crippen molar-refractivity contribution in [3.8, 4) is 0 Å². The Kier molecular flexibility index (Phi) is 2.44. The quantitative estimate of drug-likeness (QED) is 0.475. The van der Waals surface area contributed by atoms with Crippen LogP contribution in [0.25, 0.3) is 10.9 Å². The van der Waals surface area contributed by atoms with Gasteiger partial charge in [0.05, 0.1) is 10.2 Å². The highest BCUT2D eigenvalue weighted by atomic mass is 79.9. The minimum absolute atomic E-state index is 0.340. The molecule has 2 aromatic rings. The molecule has 0 unspecified atom stereocenters. The second-order valence-electron chi connectivity index (χ2n) is 3.22. The summed E-state index contributed by atoms with van der Waals surface area (Å²) in [6.45, 7) is 0. The van der Waals surface area contributed by atoms with Crippen LogP contribution in [0.3, 0.4) is 0 Å². The van der Waals surface area contributed by atoms with Gasteiger partial charge in [0, 0.05) is 18.0 Å². The summed E-state index contributed by atoms with van der Waals surface area (Å²) >= 11 is 3.32. The lowest BCUT2D eigenvalue weighted by Gasteiger charge is -1.95. The molecule has 0 atom stereocenters. The van der Waals surface area contributed by atoms with Crippen LogP contribution < -0.4 is 0 Å². The number of para-hydroxylation sites is 1. The van der Waals surface area contributed by atoms with E-state index in [9.17, 15) is 9.59 Å². The Balaban J connectivity index is 2.89. The maximum atomic E-state index is 11.5. The summed E-state index contributed by atoms with van der Waals surface area (Å²) in [6, 6.07) is 7.47. The maximum absolute atomic E-state index is 11.5. The normalized spacial score (nSPS) is 10.5. The number of nitrogens with zero attached hydrogens (tertiary/aromatic N) is 1. The predicted molar refractivity (Wildman–Crippen MR) is 61.0 cm³/mol. The summed E-state index contributed by atoms with van der Waals surface area (Å²) in [5, 5.41) is 0.795. The minimum atomic E-state index is -0.501. The molecule has 0 amide bonds. The molecule has 0 aliphatic carbocycles. The predicted octanol–water partition coefficient (Wildman–Crippen LogP) is 2.32. The first-order chi connectivity index (χ1) is 7.16. The molecule has 15 heavy (non-hydrogen) atoms. The Morgan fingerprint density at radius 1 is 1.40 bits per heavy atom. The van der Waals surface area contributed by atoms with Crippen molar-refractivity contribution in [2.75, 3.05) is 0 Å². The average molecular weight is 266 g/mol. The standard InChI is InChI=1S/C11H8BrNO2/c1-13-8-5-3-2-4-7(8)10(11(13)12)9(15)6-14/h2-6H,1H3. The Morgan fingerprint density at radius 3 is 2.73 bits per heavy atom. The fourth-order valence-electron chi connectivity index (χ4n) is 1.66. The van der Waals surface area contributed by atoms with Gasteiger partial charge in [0.2, 0.25) is 5.78 Å². The number of fused-ring (bicyclic) bond motifs is 1. The molecule has 1 aromatic heterocycles. The Labute approximate surface area is 94.8 Å². The van der Waals surface area contributed by atoms with Crippen LogP contribution in [0, 0.1) is 0 Å². The van der Waals surface area contributed by atoms with Crippen molar-refractivity contribution in [3.63, 3.8) is 0 Å². The van der Waals surface area contributed by atoms with E-state index >= 15 is 0 Å². The highest BCUT2D eigenvalue weighted by Gasteiger charge is 2.18. The molecule has 2 rings (SSSR count). The zero-order valence-electron chi connectivity index (χ0n) is 8.03. The summed E-state index contributed by atoms with van der Waals surface area (Å²) in [5.41, 5.74) is 1.36. The number of halogens is 1. The third-order valence-corrected chi connectivity index (χ3v) is 3.32. The van der Waals surface area contributed by atoms with Gasteiger partial charge in [-0.1, -0.05) is 18.2 Å². The van der Waals surface area contributed by atoms with E-state index < -0.39 is 5.78 Å². The topological polar surface area (TPSA) is 39.1 Å². The number of Topliss-reactive ketones (excluding diaryl/α,β-unsaturated/α-hetero) is 1. The van der Waals surface area contributed by atoms with E-state index in [0.29, 0.717) is 16.5 Å². The van der Waals surface area contributed by atoms with Gasteiger partial charge in [0.15, 0.2) is 6.29 Å². The van der Waals surface area contributed by atoms with Crippen LogP contribution in [0.1, 0.15) is 10.4 Å². The molecule has 0 aliphatic rings. The van der Waals surface area contributed by atoms with Crippen LogP contribution in [-0.4, -0.2) is 16.6 Å². The van der Waals surface area contributed by atoms with Crippen LogP contribution in [0.5, 0.6) is 0 Å². The molecule has 0 spiro atoms. The molecule has 4 heteroatoms. The summed E-state index contributed by atoms with van der Waals surface area (Å²) in [4.78, 5) is 22.0. The number of aryl methyl sites for hydroxylation is 1. The molecule has 3 nitrogen and oxygen atoms in total. The number of rotatable bonds is 2. The number of hydrogen-bond acceptors (Lipinski definition) is 2. The van der Waals surface area contributed by atoms with Crippen LogP contribution >= 0.6 is 15.9 Å². The molecule has 76 valence electrons. The first-order valence-electron chi connectivity index (χ1n) is 4.39. The van der Waals surface area contributed by atoms with Crippen LogP contribution in [-0.2, 0) is 11.8 Å². The van der Waals surface area contributed by atoms with Gasteiger partial charge in [-0.25, -0.2) is 0 Å². The molecule has 0 N–H and O–H groups in total. The first-order valence-corrected chi connectivity index (χ1v) is 5.18. The highest BCUT2D eigenvalue weighted by molar-refractivity contribution is 9.10. The minimum Gasteiger partial charge on any atom is -0.338 e. The van der Waals surface area contributed by atoms with Crippen molar-refractivity contribution in [3.05, 3.63) is 34.4 Å². The van der Waals surface area contributed by atoms with E-state index in [2.05, 4.69) is 15.9 Å². The number of benzene rings is 1. The molecule has 0 fully saturated rings. The van der Waals surface area contributed by atoms with Crippen LogP contribution in [0.4, 0.5) is 0 Å². The van der Waals surface area contributed by atoms with Gasteiger partial charge < -0.3 is 4.57 Å². The van der Waals surface area contributed by atoms with Gasteiger partial charge in [-0.15, -0.1) is 0 Å². The van der Waals surface area contributed by atoms with E-state index in [4.69, 9.17) is 0 Å². The highest BCUT2D eigenvalue weighted by Crippen LogP contribution is 2.29. The van der Waals surface area contributed by atoms with Crippen LogP contribution in [0.2, 0.25) is 0 Å². The summed E-state index contributed by atoms with van der Waals surface area (Å²) < 4.78 is 2.48.